The Morgan fingerprint density at radius 1 is 1.19 bits per heavy atom. The summed E-state index contributed by atoms with van der Waals surface area (Å²) in [7, 11) is -2.54. The largest absolute Gasteiger partial charge is 0.495 e. The van der Waals surface area contributed by atoms with Crippen LogP contribution in [0.15, 0.2) is 47.4 Å². The molecule has 0 saturated carbocycles. The van der Waals surface area contributed by atoms with Crippen molar-refractivity contribution in [1.29, 1.82) is 0 Å². The summed E-state index contributed by atoms with van der Waals surface area (Å²) in [5.41, 5.74) is 8.50. The zero-order valence-corrected chi connectivity index (χ0v) is 15.8. The molecule has 0 radical (unpaired) electrons. The summed E-state index contributed by atoms with van der Waals surface area (Å²) >= 11 is 0. The van der Waals surface area contributed by atoms with Crippen LogP contribution in [-0.2, 0) is 14.8 Å². The molecule has 1 aliphatic heterocycles. The molecule has 9 heteroatoms. The number of nitrogens with two attached hydrogens (primary N) is 1. The van der Waals surface area contributed by atoms with Gasteiger partial charge in [-0.1, -0.05) is 23.8 Å². The minimum Gasteiger partial charge on any atom is -0.495 e. The Morgan fingerprint density at radius 3 is 2.52 bits per heavy atom. The van der Waals surface area contributed by atoms with Gasteiger partial charge in [0.25, 0.3) is 0 Å². The summed E-state index contributed by atoms with van der Waals surface area (Å²) in [6.45, 7) is 1.98. The molecule has 5 N–H and O–H groups in total. The number of carbonyl (C=O) groups excluding carboxylic acids is 1. The summed E-state index contributed by atoms with van der Waals surface area (Å²) in [5.74, 6) is 0.00917. The molecule has 2 aromatic carbocycles. The number of ether oxygens (including phenoxy) is 1. The second-order valence-corrected chi connectivity index (χ2v) is 7.97. The lowest BCUT2D eigenvalue weighted by Gasteiger charge is -2.13. The van der Waals surface area contributed by atoms with E-state index in [-0.39, 0.29) is 22.6 Å². The van der Waals surface area contributed by atoms with Gasteiger partial charge in [0.2, 0.25) is 15.9 Å². The summed E-state index contributed by atoms with van der Waals surface area (Å²) in [6.07, 6.45) is 0.452. The third kappa shape index (κ3) is 4.45. The van der Waals surface area contributed by atoms with Crippen molar-refractivity contribution in [2.45, 2.75) is 30.3 Å². The number of hydrogen-bond acceptors (Lipinski definition) is 6. The van der Waals surface area contributed by atoms with E-state index < -0.39 is 16.1 Å². The molecule has 27 heavy (non-hydrogen) atoms. The molecular formula is C18H22N4O4S. The summed E-state index contributed by atoms with van der Waals surface area (Å²) < 4.78 is 28.6. The third-order valence-corrected chi connectivity index (χ3v) is 5.37. The van der Waals surface area contributed by atoms with Crippen LogP contribution in [0.25, 0.3) is 0 Å². The average Bonchev–Trinajstić information content (AvgIpc) is 3.12. The van der Waals surface area contributed by atoms with Gasteiger partial charge >= 0.3 is 0 Å². The van der Waals surface area contributed by atoms with E-state index in [2.05, 4.69) is 16.2 Å². The van der Waals surface area contributed by atoms with Crippen LogP contribution in [0.4, 0.5) is 5.69 Å². The van der Waals surface area contributed by atoms with Gasteiger partial charge < -0.3 is 10.1 Å². The molecule has 144 valence electrons. The van der Waals surface area contributed by atoms with Gasteiger partial charge in [-0.25, -0.2) is 24.4 Å². The van der Waals surface area contributed by atoms with Crippen molar-refractivity contribution in [2.75, 3.05) is 12.4 Å². The first kappa shape index (κ1) is 19.3. The van der Waals surface area contributed by atoms with E-state index in [0.29, 0.717) is 12.0 Å². The van der Waals surface area contributed by atoms with Gasteiger partial charge in [-0.15, -0.1) is 0 Å². The third-order valence-electron chi connectivity index (χ3n) is 4.44. The second kappa shape index (κ2) is 7.65. The Hall–Kier alpha value is -2.46. The van der Waals surface area contributed by atoms with Crippen molar-refractivity contribution in [1.82, 2.24) is 10.9 Å². The van der Waals surface area contributed by atoms with Gasteiger partial charge in [0, 0.05) is 11.7 Å². The maximum atomic E-state index is 12.5. The van der Waals surface area contributed by atoms with Crippen LogP contribution in [0.2, 0.25) is 0 Å². The first-order chi connectivity index (χ1) is 12.8. The Labute approximate surface area is 158 Å². The second-order valence-electron chi connectivity index (χ2n) is 6.44. The molecule has 2 atom stereocenters. The van der Waals surface area contributed by atoms with E-state index in [9.17, 15) is 13.2 Å². The van der Waals surface area contributed by atoms with Crippen molar-refractivity contribution < 1.29 is 17.9 Å². The lowest BCUT2D eigenvalue weighted by atomic mass is 10.0. The number of nitrogens with one attached hydrogen (secondary N) is 3. The Balaban J connectivity index is 1.72. The molecule has 2 aromatic rings. The van der Waals surface area contributed by atoms with Gasteiger partial charge in [0.15, 0.2) is 0 Å². The quantitative estimate of drug-likeness (QED) is 0.608. The SMILES string of the molecule is COc1ccc(C2CC(C(=O)Nc3ccc(C)cc3)NN2)cc1S(N)(=O)=O. The zero-order valence-electron chi connectivity index (χ0n) is 15.0. The van der Waals surface area contributed by atoms with Crippen molar-refractivity contribution >= 4 is 21.6 Å². The fourth-order valence-corrected chi connectivity index (χ4v) is 3.68. The topological polar surface area (TPSA) is 123 Å². The predicted octanol–water partition coefficient (Wildman–Crippen LogP) is 1.20. The number of amides is 1. The molecule has 1 saturated heterocycles. The summed E-state index contributed by atoms with van der Waals surface area (Å²) in [4.78, 5) is 12.4. The van der Waals surface area contributed by atoms with Gasteiger partial charge in [-0.3, -0.25) is 4.79 Å². The Kier molecular flexibility index (Phi) is 5.47. The molecule has 1 aliphatic rings. The number of aryl methyl sites for hydroxylation is 1. The monoisotopic (exact) mass is 390 g/mol. The molecule has 1 fully saturated rings. The first-order valence-electron chi connectivity index (χ1n) is 8.37. The van der Waals surface area contributed by atoms with Crippen LogP contribution in [-0.4, -0.2) is 27.5 Å². The van der Waals surface area contributed by atoms with Crippen LogP contribution in [0.1, 0.15) is 23.6 Å². The summed E-state index contributed by atoms with van der Waals surface area (Å²) in [6, 6.07) is 11.6. The molecular weight excluding hydrogens is 368 g/mol. The minimum absolute atomic E-state index is 0.0862. The van der Waals surface area contributed by atoms with Gasteiger partial charge in [-0.2, -0.15) is 0 Å². The Morgan fingerprint density at radius 2 is 1.89 bits per heavy atom. The molecule has 3 rings (SSSR count). The van der Waals surface area contributed by atoms with E-state index in [1.807, 2.05) is 31.2 Å². The van der Waals surface area contributed by atoms with Gasteiger partial charge in [0.1, 0.15) is 16.7 Å². The average molecular weight is 390 g/mol. The molecule has 0 aromatic heterocycles. The maximum absolute atomic E-state index is 12.5. The molecule has 8 nitrogen and oxygen atoms in total. The Bertz CT molecular complexity index is 944. The number of benzene rings is 2. The van der Waals surface area contributed by atoms with Gasteiger partial charge in [-0.05, 0) is 43.2 Å². The number of anilines is 1. The maximum Gasteiger partial charge on any atom is 0.242 e. The number of methoxy groups -OCH3 is 1. The van der Waals surface area contributed by atoms with E-state index in [1.165, 1.54) is 13.2 Å². The smallest absolute Gasteiger partial charge is 0.242 e. The number of hydrazine groups is 1. The van der Waals surface area contributed by atoms with Crippen LogP contribution < -0.4 is 26.0 Å². The number of rotatable bonds is 5. The highest BCUT2D eigenvalue weighted by Crippen LogP contribution is 2.29. The van der Waals surface area contributed by atoms with Crippen LogP contribution >= 0.6 is 0 Å². The predicted molar refractivity (Wildman–Crippen MR) is 102 cm³/mol. The number of sulfonamides is 1. The highest BCUT2D eigenvalue weighted by atomic mass is 32.2. The fourth-order valence-electron chi connectivity index (χ4n) is 2.95. The zero-order chi connectivity index (χ0) is 19.6. The highest BCUT2D eigenvalue weighted by Gasteiger charge is 2.31. The molecule has 2 unspecified atom stereocenters. The van der Waals surface area contributed by atoms with Crippen molar-refractivity contribution in [3.8, 4) is 5.75 Å². The van der Waals surface area contributed by atoms with E-state index >= 15 is 0 Å². The van der Waals surface area contributed by atoms with Crippen LogP contribution in [0.3, 0.4) is 0 Å². The molecule has 0 aliphatic carbocycles. The van der Waals surface area contributed by atoms with Crippen LogP contribution in [0, 0.1) is 6.92 Å². The normalized spacial score (nSPS) is 19.7. The number of hydrogen-bond donors (Lipinski definition) is 4. The standard InChI is InChI=1S/C18H22N4O4S/c1-11-3-6-13(7-4-11)20-18(23)15-10-14(21-22-15)12-5-8-16(26-2)17(9-12)27(19,24)25/h3-9,14-15,21-22H,10H2,1-2H3,(H,20,23)(H2,19,24,25). The molecule has 0 spiro atoms. The number of primary sulfonamides is 1. The minimum atomic E-state index is -3.92. The number of carbonyl (C=O) groups is 1. The van der Waals surface area contributed by atoms with Crippen molar-refractivity contribution in [3.05, 3.63) is 53.6 Å². The van der Waals surface area contributed by atoms with Crippen LogP contribution in [0.5, 0.6) is 5.75 Å². The molecule has 1 heterocycles. The lowest BCUT2D eigenvalue weighted by Crippen LogP contribution is -2.39. The van der Waals surface area contributed by atoms with E-state index in [0.717, 1.165) is 11.3 Å². The van der Waals surface area contributed by atoms with Crippen molar-refractivity contribution in [3.63, 3.8) is 0 Å². The lowest BCUT2D eigenvalue weighted by molar-refractivity contribution is -0.117. The van der Waals surface area contributed by atoms with E-state index in [4.69, 9.17) is 9.88 Å². The molecule has 0 bridgehead atoms. The fraction of sp³-hybridized carbons (Fsp3) is 0.278. The summed E-state index contributed by atoms with van der Waals surface area (Å²) in [5, 5.41) is 8.12. The first-order valence-corrected chi connectivity index (χ1v) is 9.92. The van der Waals surface area contributed by atoms with E-state index in [1.54, 1.807) is 12.1 Å². The highest BCUT2D eigenvalue weighted by molar-refractivity contribution is 7.89. The molecule has 1 amide bonds. The van der Waals surface area contributed by atoms with Crippen molar-refractivity contribution in [2.24, 2.45) is 5.14 Å². The van der Waals surface area contributed by atoms with Gasteiger partial charge in [0.05, 0.1) is 7.11 Å².